The number of rotatable bonds is 6. The fourth-order valence-corrected chi connectivity index (χ4v) is 7.95. The predicted molar refractivity (Wildman–Crippen MR) is 205 cm³/mol. The van der Waals surface area contributed by atoms with Crippen LogP contribution in [0.15, 0.2) is 164 Å². The molecule has 2 nitrogen and oxygen atoms in total. The molecular weight excluding hydrogens is 585 g/mol. The average molecular weight is 621 g/mol. The van der Waals surface area contributed by atoms with Crippen LogP contribution in [0.1, 0.15) is 0 Å². The Morgan fingerprint density at radius 3 is 1.57 bits per heavy atom. The van der Waals surface area contributed by atoms with E-state index in [-0.39, 0.29) is 0 Å². The Morgan fingerprint density at radius 1 is 0.426 bits per heavy atom. The SMILES string of the molecule is C[Si](C)(C)c1cccc(N(c2ccccc2)c2ccc(-c3c4ccccc4c(-c4cccc5ccccc45)c4ccccc34)cc2)n1. The molecule has 0 aliphatic carbocycles. The zero-order valence-electron chi connectivity index (χ0n) is 27.0. The van der Waals surface area contributed by atoms with Crippen molar-refractivity contribution in [2.75, 3.05) is 4.90 Å². The summed E-state index contributed by atoms with van der Waals surface area (Å²) in [6.45, 7) is 7.04. The van der Waals surface area contributed by atoms with E-state index in [2.05, 4.69) is 188 Å². The molecule has 0 unspecified atom stereocenters. The maximum Gasteiger partial charge on any atom is 0.137 e. The van der Waals surface area contributed by atoms with Crippen LogP contribution in [0.5, 0.6) is 0 Å². The molecule has 8 aromatic rings. The van der Waals surface area contributed by atoms with Gasteiger partial charge in [-0.25, -0.2) is 4.98 Å². The molecule has 0 aliphatic heterocycles. The highest BCUT2D eigenvalue weighted by Gasteiger charge is 2.22. The third-order valence-electron chi connectivity index (χ3n) is 9.15. The van der Waals surface area contributed by atoms with Crippen LogP contribution >= 0.6 is 0 Å². The molecule has 3 heteroatoms. The number of para-hydroxylation sites is 1. The highest BCUT2D eigenvalue weighted by atomic mass is 28.3. The number of benzene rings is 7. The summed E-state index contributed by atoms with van der Waals surface area (Å²) in [5.41, 5.74) is 7.19. The van der Waals surface area contributed by atoms with Crippen molar-refractivity contribution >= 4 is 62.9 Å². The molecule has 1 aromatic heterocycles. The van der Waals surface area contributed by atoms with Crippen LogP contribution in [-0.4, -0.2) is 13.1 Å². The second kappa shape index (κ2) is 11.7. The molecule has 0 atom stereocenters. The van der Waals surface area contributed by atoms with Crippen molar-refractivity contribution in [3.05, 3.63) is 164 Å². The van der Waals surface area contributed by atoms with E-state index in [1.807, 2.05) is 0 Å². The van der Waals surface area contributed by atoms with Crippen molar-refractivity contribution in [3.63, 3.8) is 0 Å². The fraction of sp³-hybridized carbons (Fsp3) is 0.0682. The first-order valence-electron chi connectivity index (χ1n) is 16.3. The minimum Gasteiger partial charge on any atom is -0.295 e. The van der Waals surface area contributed by atoms with E-state index >= 15 is 0 Å². The van der Waals surface area contributed by atoms with Gasteiger partial charge in [-0.2, -0.15) is 0 Å². The molecular formula is C44H36N2Si. The van der Waals surface area contributed by atoms with Crippen LogP contribution in [0.4, 0.5) is 17.2 Å². The molecule has 0 N–H and O–H groups in total. The van der Waals surface area contributed by atoms with Gasteiger partial charge in [0.2, 0.25) is 0 Å². The number of hydrogen-bond donors (Lipinski definition) is 0. The highest BCUT2D eigenvalue weighted by molar-refractivity contribution is 6.88. The van der Waals surface area contributed by atoms with E-state index in [9.17, 15) is 0 Å². The summed E-state index contributed by atoms with van der Waals surface area (Å²) in [4.78, 5) is 7.48. The van der Waals surface area contributed by atoms with Crippen molar-refractivity contribution in [3.8, 4) is 22.3 Å². The van der Waals surface area contributed by atoms with Gasteiger partial charge in [0.25, 0.3) is 0 Å². The lowest BCUT2D eigenvalue weighted by Crippen LogP contribution is -2.40. The molecule has 7 aromatic carbocycles. The first kappa shape index (κ1) is 28.9. The van der Waals surface area contributed by atoms with Crippen molar-refractivity contribution < 1.29 is 0 Å². The largest absolute Gasteiger partial charge is 0.295 e. The van der Waals surface area contributed by atoms with Gasteiger partial charge in [0.05, 0.1) is 0 Å². The zero-order valence-corrected chi connectivity index (χ0v) is 28.0. The average Bonchev–Trinajstić information content (AvgIpc) is 3.11. The molecule has 0 radical (unpaired) electrons. The lowest BCUT2D eigenvalue weighted by atomic mass is 9.85. The molecule has 0 aliphatic rings. The molecule has 0 fully saturated rings. The standard InChI is InChI=1S/C44H36N2Si/c1-47(2,3)42-26-14-25-41(45-42)46(33-17-5-4-6-18-33)34-29-27-32(28-30-34)43-37-20-9-11-22-39(37)44(40-23-12-10-21-38(40)43)36-24-13-16-31-15-7-8-19-35(31)36/h4-30H,1-3H3. The Hall–Kier alpha value is -5.51. The number of fused-ring (bicyclic) bond motifs is 3. The van der Waals surface area contributed by atoms with Crippen molar-refractivity contribution in [2.24, 2.45) is 0 Å². The number of aromatic nitrogens is 1. The Labute approximate surface area is 277 Å². The van der Waals surface area contributed by atoms with Crippen LogP contribution in [0.3, 0.4) is 0 Å². The lowest BCUT2D eigenvalue weighted by molar-refractivity contribution is 1.19. The van der Waals surface area contributed by atoms with Gasteiger partial charge in [0.1, 0.15) is 13.9 Å². The minimum absolute atomic E-state index is 0.944. The molecule has 0 spiro atoms. The van der Waals surface area contributed by atoms with Gasteiger partial charge in [0, 0.05) is 16.7 Å². The van der Waals surface area contributed by atoms with Gasteiger partial charge in [-0.3, -0.25) is 4.90 Å². The van der Waals surface area contributed by atoms with Gasteiger partial charge in [-0.1, -0.05) is 147 Å². The van der Waals surface area contributed by atoms with Crippen molar-refractivity contribution in [1.82, 2.24) is 4.98 Å². The van der Waals surface area contributed by atoms with Crippen LogP contribution in [-0.2, 0) is 0 Å². The topological polar surface area (TPSA) is 16.1 Å². The summed E-state index contributed by atoms with van der Waals surface area (Å²) < 4.78 is 0. The lowest BCUT2D eigenvalue weighted by Gasteiger charge is -2.26. The third-order valence-corrected chi connectivity index (χ3v) is 11.0. The van der Waals surface area contributed by atoms with E-state index in [1.54, 1.807) is 0 Å². The van der Waals surface area contributed by atoms with Gasteiger partial charge in [-0.05, 0) is 91.0 Å². The number of anilines is 3. The third kappa shape index (κ3) is 5.19. The predicted octanol–water partition coefficient (Wildman–Crippen LogP) is 11.9. The van der Waals surface area contributed by atoms with Crippen LogP contribution in [0.2, 0.25) is 19.6 Å². The normalized spacial score (nSPS) is 11.7. The molecule has 0 amide bonds. The Bertz CT molecular complexity index is 2330. The number of hydrogen-bond acceptors (Lipinski definition) is 2. The number of nitrogens with zero attached hydrogens (tertiary/aromatic N) is 2. The molecule has 226 valence electrons. The van der Waals surface area contributed by atoms with Crippen LogP contribution in [0, 0.1) is 0 Å². The summed E-state index contributed by atoms with van der Waals surface area (Å²) in [5.74, 6) is 0.944. The Kier molecular flexibility index (Phi) is 7.19. The maximum atomic E-state index is 5.21. The summed E-state index contributed by atoms with van der Waals surface area (Å²) in [6, 6.07) is 59.2. The smallest absolute Gasteiger partial charge is 0.137 e. The van der Waals surface area contributed by atoms with Crippen molar-refractivity contribution in [1.29, 1.82) is 0 Å². The second-order valence-corrected chi connectivity index (χ2v) is 18.2. The molecule has 47 heavy (non-hydrogen) atoms. The maximum absolute atomic E-state index is 5.21. The van der Waals surface area contributed by atoms with E-state index in [0.717, 1.165) is 17.2 Å². The fourth-order valence-electron chi connectivity index (χ4n) is 6.91. The highest BCUT2D eigenvalue weighted by Crippen LogP contribution is 2.45. The van der Waals surface area contributed by atoms with Gasteiger partial charge in [-0.15, -0.1) is 0 Å². The Morgan fingerprint density at radius 2 is 0.936 bits per heavy atom. The van der Waals surface area contributed by atoms with Crippen molar-refractivity contribution in [2.45, 2.75) is 19.6 Å². The molecule has 1 heterocycles. The summed E-state index contributed by atoms with van der Waals surface area (Å²) in [7, 11) is -1.60. The summed E-state index contributed by atoms with van der Waals surface area (Å²) in [5, 5.41) is 8.77. The second-order valence-electron chi connectivity index (χ2n) is 13.2. The van der Waals surface area contributed by atoms with Gasteiger partial charge in [0.15, 0.2) is 0 Å². The zero-order chi connectivity index (χ0) is 32.0. The van der Waals surface area contributed by atoms with Crippen LogP contribution < -0.4 is 10.2 Å². The van der Waals surface area contributed by atoms with E-state index in [0.29, 0.717) is 0 Å². The van der Waals surface area contributed by atoms with Crippen LogP contribution in [0.25, 0.3) is 54.6 Å². The molecule has 0 bridgehead atoms. The van der Waals surface area contributed by atoms with E-state index < -0.39 is 8.07 Å². The molecule has 8 rings (SSSR count). The monoisotopic (exact) mass is 620 g/mol. The first-order chi connectivity index (χ1) is 23.0. The molecule has 0 saturated carbocycles. The van der Waals surface area contributed by atoms with Gasteiger partial charge >= 0.3 is 0 Å². The summed E-state index contributed by atoms with van der Waals surface area (Å²) >= 11 is 0. The first-order valence-corrected chi connectivity index (χ1v) is 19.8. The molecule has 0 saturated heterocycles. The Balaban J connectivity index is 1.32. The summed E-state index contributed by atoms with van der Waals surface area (Å²) in [6.07, 6.45) is 0. The van der Waals surface area contributed by atoms with E-state index in [4.69, 9.17) is 4.98 Å². The van der Waals surface area contributed by atoms with E-state index in [1.165, 1.54) is 59.9 Å². The van der Waals surface area contributed by atoms with Gasteiger partial charge < -0.3 is 0 Å². The minimum atomic E-state index is -1.60. The number of pyridine rings is 1. The quantitative estimate of drug-likeness (QED) is 0.136.